The molecular formula is C24H28N2O3. The molecule has 0 aromatic heterocycles. The van der Waals surface area contributed by atoms with Crippen LogP contribution in [-0.2, 0) is 16.0 Å². The molecule has 4 rings (SSSR count). The SMILES string of the molecule is COc1ccccc1CCC(=O)N1CC(CCN2CCCC2=O)c2ccccc21. The van der Waals surface area contributed by atoms with E-state index in [1.54, 1.807) is 7.11 Å². The predicted octanol–water partition coefficient (Wildman–Crippen LogP) is 3.77. The Labute approximate surface area is 172 Å². The van der Waals surface area contributed by atoms with Crippen molar-refractivity contribution in [3.05, 3.63) is 59.7 Å². The summed E-state index contributed by atoms with van der Waals surface area (Å²) in [5, 5.41) is 0. The van der Waals surface area contributed by atoms with Gasteiger partial charge < -0.3 is 14.5 Å². The zero-order chi connectivity index (χ0) is 20.2. The third-order valence-electron chi connectivity index (χ3n) is 6.09. The number of para-hydroxylation sites is 2. The van der Waals surface area contributed by atoms with Crippen LogP contribution in [0.5, 0.6) is 5.75 Å². The van der Waals surface area contributed by atoms with Crippen molar-refractivity contribution < 1.29 is 14.3 Å². The summed E-state index contributed by atoms with van der Waals surface area (Å²) in [6.45, 7) is 2.35. The van der Waals surface area contributed by atoms with E-state index in [0.717, 1.165) is 42.9 Å². The van der Waals surface area contributed by atoms with E-state index < -0.39 is 0 Å². The summed E-state index contributed by atoms with van der Waals surface area (Å²) in [5.74, 6) is 1.52. The van der Waals surface area contributed by atoms with Crippen LogP contribution in [0.2, 0.25) is 0 Å². The van der Waals surface area contributed by atoms with Gasteiger partial charge in [0.1, 0.15) is 5.75 Å². The number of ether oxygens (including phenoxy) is 1. The highest BCUT2D eigenvalue weighted by molar-refractivity contribution is 5.96. The molecule has 5 nitrogen and oxygen atoms in total. The van der Waals surface area contributed by atoms with Crippen LogP contribution in [0, 0.1) is 0 Å². The summed E-state index contributed by atoms with van der Waals surface area (Å²) in [4.78, 5) is 28.9. The van der Waals surface area contributed by atoms with E-state index in [-0.39, 0.29) is 17.7 Å². The van der Waals surface area contributed by atoms with Crippen LogP contribution >= 0.6 is 0 Å². The fourth-order valence-electron chi connectivity index (χ4n) is 4.52. The number of carbonyl (C=O) groups excluding carboxylic acids is 2. The number of methoxy groups -OCH3 is 1. The first kappa shape index (κ1) is 19.5. The van der Waals surface area contributed by atoms with Gasteiger partial charge >= 0.3 is 0 Å². The van der Waals surface area contributed by atoms with Crippen LogP contribution in [0.3, 0.4) is 0 Å². The lowest BCUT2D eigenvalue weighted by Gasteiger charge is -2.20. The number of hydrogen-bond acceptors (Lipinski definition) is 3. The smallest absolute Gasteiger partial charge is 0.227 e. The summed E-state index contributed by atoms with van der Waals surface area (Å²) in [6, 6.07) is 16.1. The molecule has 0 saturated carbocycles. The fourth-order valence-corrected chi connectivity index (χ4v) is 4.52. The number of benzene rings is 2. The Morgan fingerprint density at radius 1 is 1.14 bits per heavy atom. The van der Waals surface area contributed by atoms with Crippen molar-refractivity contribution in [2.75, 3.05) is 31.6 Å². The van der Waals surface area contributed by atoms with Crippen molar-refractivity contribution in [1.82, 2.24) is 4.90 Å². The van der Waals surface area contributed by atoms with Gasteiger partial charge in [0.15, 0.2) is 0 Å². The maximum atomic E-state index is 13.1. The van der Waals surface area contributed by atoms with Crippen molar-refractivity contribution >= 4 is 17.5 Å². The summed E-state index contributed by atoms with van der Waals surface area (Å²) in [6.07, 6.45) is 3.65. The molecule has 0 bridgehead atoms. The molecule has 5 heteroatoms. The number of hydrogen-bond donors (Lipinski definition) is 0. The van der Waals surface area contributed by atoms with Crippen molar-refractivity contribution in [3.8, 4) is 5.75 Å². The molecular weight excluding hydrogens is 364 g/mol. The lowest BCUT2D eigenvalue weighted by Crippen LogP contribution is -2.31. The van der Waals surface area contributed by atoms with E-state index in [9.17, 15) is 9.59 Å². The van der Waals surface area contributed by atoms with Gasteiger partial charge in [0.05, 0.1) is 7.11 Å². The monoisotopic (exact) mass is 392 g/mol. The number of anilines is 1. The molecule has 2 aromatic carbocycles. The Morgan fingerprint density at radius 2 is 1.93 bits per heavy atom. The molecule has 2 heterocycles. The van der Waals surface area contributed by atoms with Crippen LogP contribution in [0.15, 0.2) is 48.5 Å². The van der Waals surface area contributed by atoms with E-state index in [4.69, 9.17) is 4.74 Å². The molecule has 2 aliphatic heterocycles. The topological polar surface area (TPSA) is 49.9 Å². The van der Waals surface area contributed by atoms with Crippen LogP contribution in [-0.4, -0.2) is 43.5 Å². The lowest BCUT2D eigenvalue weighted by atomic mass is 9.98. The quantitative estimate of drug-likeness (QED) is 0.721. The highest BCUT2D eigenvalue weighted by atomic mass is 16.5. The van der Waals surface area contributed by atoms with Gasteiger partial charge in [0.25, 0.3) is 0 Å². The first-order valence-corrected chi connectivity index (χ1v) is 10.5. The molecule has 29 heavy (non-hydrogen) atoms. The highest BCUT2D eigenvalue weighted by Crippen LogP contribution is 2.38. The zero-order valence-electron chi connectivity index (χ0n) is 17.0. The Balaban J connectivity index is 1.42. The first-order chi connectivity index (χ1) is 14.2. The van der Waals surface area contributed by atoms with Crippen LogP contribution < -0.4 is 9.64 Å². The van der Waals surface area contributed by atoms with E-state index in [1.807, 2.05) is 52.3 Å². The summed E-state index contributed by atoms with van der Waals surface area (Å²) >= 11 is 0. The number of aryl methyl sites for hydroxylation is 1. The maximum Gasteiger partial charge on any atom is 0.227 e. The second kappa shape index (κ2) is 8.68. The molecule has 1 unspecified atom stereocenters. The molecule has 2 amide bonds. The largest absolute Gasteiger partial charge is 0.496 e. The standard InChI is InChI=1S/C24H28N2O3/c1-29-22-10-5-2-7-18(22)12-13-24(28)26-17-19(20-8-3-4-9-21(20)26)14-16-25-15-6-11-23(25)27/h2-5,7-10,19H,6,11-17H2,1H3. The second-order valence-electron chi connectivity index (χ2n) is 7.84. The Bertz CT molecular complexity index is 895. The zero-order valence-corrected chi connectivity index (χ0v) is 17.0. The Hall–Kier alpha value is -2.82. The molecule has 2 aliphatic rings. The predicted molar refractivity (Wildman–Crippen MR) is 113 cm³/mol. The van der Waals surface area contributed by atoms with E-state index >= 15 is 0 Å². The minimum absolute atomic E-state index is 0.142. The van der Waals surface area contributed by atoms with Crippen molar-refractivity contribution in [2.45, 2.75) is 38.0 Å². The average molecular weight is 392 g/mol. The van der Waals surface area contributed by atoms with Gasteiger partial charge in [-0.3, -0.25) is 9.59 Å². The molecule has 2 aromatic rings. The van der Waals surface area contributed by atoms with Crippen molar-refractivity contribution in [3.63, 3.8) is 0 Å². The summed E-state index contributed by atoms with van der Waals surface area (Å²) < 4.78 is 5.41. The lowest BCUT2D eigenvalue weighted by molar-refractivity contribution is -0.127. The van der Waals surface area contributed by atoms with E-state index in [0.29, 0.717) is 25.8 Å². The number of fused-ring (bicyclic) bond motifs is 1. The normalized spacial score (nSPS) is 18.2. The average Bonchev–Trinajstić information content (AvgIpc) is 3.34. The van der Waals surface area contributed by atoms with Gasteiger partial charge in [-0.15, -0.1) is 0 Å². The molecule has 152 valence electrons. The van der Waals surface area contributed by atoms with Gasteiger partial charge in [0.2, 0.25) is 11.8 Å². The number of rotatable bonds is 7. The molecule has 1 saturated heterocycles. The second-order valence-corrected chi connectivity index (χ2v) is 7.84. The van der Waals surface area contributed by atoms with Crippen molar-refractivity contribution in [2.24, 2.45) is 0 Å². The van der Waals surface area contributed by atoms with Crippen LogP contribution in [0.25, 0.3) is 0 Å². The minimum Gasteiger partial charge on any atom is -0.496 e. The van der Waals surface area contributed by atoms with Crippen LogP contribution in [0.1, 0.15) is 42.7 Å². The summed E-state index contributed by atoms with van der Waals surface area (Å²) in [7, 11) is 1.66. The van der Waals surface area contributed by atoms with Crippen molar-refractivity contribution in [1.29, 1.82) is 0 Å². The number of carbonyl (C=O) groups is 2. The van der Waals surface area contributed by atoms with Gasteiger partial charge in [-0.1, -0.05) is 36.4 Å². The van der Waals surface area contributed by atoms with E-state index in [2.05, 4.69) is 6.07 Å². The molecule has 0 spiro atoms. The third-order valence-corrected chi connectivity index (χ3v) is 6.09. The van der Waals surface area contributed by atoms with Gasteiger partial charge in [0, 0.05) is 44.1 Å². The Morgan fingerprint density at radius 3 is 2.72 bits per heavy atom. The molecule has 0 aliphatic carbocycles. The van der Waals surface area contributed by atoms with Gasteiger partial charge in [-0.2, -0.15) is 0 Å². The fraction of sp³-hybridized carbons (Fsp3) is 0.417. The molecule has 1 atom stereocenters. The number of nitrogens with zero attached hydrogens (tertiary/aromatic N) is 2. The molecule has 0 N–H and O–H groups in total. The highest BCUT2D eigenvalue weighted by Gasteiger charge is 2.32. The summed E-state index contributed by atoms with van der Waals surface area (Å²) in [5.41, 5.74) is 3.31. The van der Waals surface area contributed by atoms with Crippen LogP contribution in [0.4, 0.5) is 5.69 Å². The number of likely N-dealkylation sites (tertiary alicyclic amines) is 1. The van der Waals surface area contributed by atoms with Gasteiger partial charge in [-0.25, -0.2) is 0 Å². The molecule has 1 fully saturated rings. The minimum atomic E-state index is 0.142. The Kier molecular flexibility index (Phi) is 5.84. The first-order valence-electron chi connectivity index (χ1n) is 10.5. The van der Waals surface area contributed by atoms with E-state index in [1.165, 1.54) is 5.56 Å². The molecule has 0 radical (unpaired) electrons. The third kappa shape index (κ3) is 4.14. The number of amides is 2. The maximum absolute atomic E-state index is 13.1. The van der Waals surface area contributed by atoms with Gasteiger partial charge in [-0.05, 0) is 42.5 Å².